The highest BCUT2D eigenvalue weighted by Crippen LogP contribution is 2.12. The molecule has 0 spiro atoms. The number of hydrogen-bond acceptors (Lipinski definition) is 3. The number of amides is 1. The van der Waals surface area contributed by atoms with E-state index in [1.165, 1.54) is 0 Å². The summed E-state index contributed by atoms with van der Waals surface area (Å²) < 4.78 is 5.37. The lowest BCUT2D eigenvalue weighted by Crippen LogP contribution is -2.31. The summed E-state index contributed by atoms with van der Waals surface area (Å²) in [6.07, 6.45) is 0.940. The normalized spacial score (nSPS) is 18.6. The molecule has 1 aromatic rings. The van der Waals surface area contributed by atoms with E-state index in [-0.39, 0.29) is 11.8 Å². The number of rotatable bonds is 5. The van der Waals surface area contributed by atoms with Gasteiger partial charge in [-0.3, -0.25) is 4.79 Å². The van der Waals surface area contributed by atoms with E-state index in [0.717, 1.165) is 30.8 Å². The van der Waals surface area contributed by atoms with Gasteiger partial charge in [0.1, 0.15) is 5.75 Å². The molecule has 4 heteroatoms. The van der Waals surface area contributed by atoms with E-state index in [0.29, 0.717) is 13.2 Å². The lowest BCUT2D eigenvalue weighted by atomic mass is 10.1. The Kier molecular flexibility index (Phi) is 4.59. The Bertz CT molecular complexity index is 383. The van der Waals surface area contributed by atoms with E-state index in [1.807, 2.05) is 31.2 Å². The van der Waals surface area contributed by atoms with E-state index in [1.54, 1.807) is 0 Å². The molecule has 1 aliphatic rings. The van der Waals surface area contributed by atoms with Crippen molar-refractivity contribution in [1.29, 1.82) is 0 Å². The van der Waals surface area contributed by atoms with Crippen molar-refractivity contribution in [2.45, 2.75) is 19.9 Å². The van der Waals surface area contributed by atoms with Gasteiger partial charge >= 0.3 is 0 Å². The van der Waals surface area contributed by atoms with Crippen molar-refractivity contribution >= 4 is 5.91 Å². The van der Waals surface area contributed by atoms with Gasteiger partial charge in [0, 0.05) is 13.1 Å². The van der Waals surface area contributed by atoms with Crippen LogP contribution >= 0.6 is 0 Å². The van der Waals surface area contributed by atoms with Crippen LogP contribution in [-0.4, -0.2) is 25.6 Å². The van der Waals surface area contributed by atoms with Crippen LogP contribution in [0.25, 0.3) is 0 Å². The molecule has 1 fully saturated rings. The van der Waals surface area contributed by atoms with Crippen molar-refractivity contribution in [3.8, 4) is 5.75 Å². The molecule has 1 aliphatic heterocycles. The first-order valence-corrected chi connectivity index (χ1v) is 6.49. The standard InChI is InChI=1S/C14H20N2O2/c1-2-18-13-5-3-11(4-6-13)9-16-14(17)12-7-8-15-10-12/h3-6,12,15H,2,7-10H2,1H3,(H,16,17). The van der Waals surface area contributed by atoms with Gasteiger partial charge < -0.3 is 15.4 Å². The third kappa shape index (κ3) is 3.47. The Hall–Kier alpha value is -1.55. The molecule has 0 aliphatic carbocycles. The fourth-order valence-electron chi connectivity index (χ4n) is 2.08. The first kappa shape index (κ1) is 12.9. The number of hydrogen-bond donors (Lipinski definition) is 2. The average molecular weight is 248 g/mol. The van der Waals surface area contributed by atoms with Gasteiger partial charge in [0.25, 0.3) is 0 Å². The lowest BCUT2D eigenvalue weighted by Gasteiger charge is -2.10. The molecular formula is C14H20N2O2. The smallest absolute Gasteiger partial charge is 0.224 e. The highest BCUT2D eigenvalue weighted by atomic mass is 16.5. The second-order valence-electron chi connectivity index (χ2n) is 4.48. The third-order valence-corrected chi connectivity index (χ3v) is 3.13. The topological polar surface area (TPSA) is 50.4 Å². The maximum atomic E-state index is 11.8. The van der Waals surface area contributed by atoms with Crippen molar-refractivity contribution in [3.63, 3.8) is 0 Å². The van der Waals surface area contributed by atoms with Crippen LogP contribution in [0.3, 0.4) is 0 Å². The number of benzene rings is 1. The average Bonchev–Trinajstić information content (AvgIpc) is 2.92. The SMILES string of the molecule is CCOc1ccc(CNC(=O)C2CCNC2)cc1. The van der Waals surface area contributed by atoms with Gasteiger partial charge in [-0.2, -0.15) is 0 Å². The molecule has 4 nitrogen and oxygen atoms in total. The van der Waals surface area contributed by atoms with Crippen LogP contribution in [0.1, 0.15) is 18.9 Å². The number of carbonyl (C=O) groups is 1. The Morgan fingerprint density at radius 1 is 1.44 bits per heavy atom. The van der Waals surface area contributed by atoms with Crippen LogP contribution in [0.2, 0.25) is 0 Å². The Morgan fingerprint density at radius 2 is 2.22 bits per heavy atom. The molecule has 1 unspecified atom stereocenters. The largest absolute Gasteiger partial charge is 0.494 e. The molecule has 2 N–H and O–H groups in total. The minimum atomic E-state index is 0.132. The lowest BCUT2D eigenvalue weighted by molar-refractivity contribution is -0.124. The molecule has 18 heavy (non-hydrogen) atoms. The third-order valence-electron chi connectivity index (χ3n) is 3.13. The number of nitrogens with one attached hydrogen (secondary N) is 2. The zero-order chi connectivity index (χ0) is 12.8. The quantitative estimate of drug-likeness (QED) is 0.826. The molecular weight excluding hydrogens is 228 g/mol. The van der Waals surface area contributed by atoms with Gasteiger partial charge in [0.15, 0.2) is 0 Å². The summed E-state index contributed by atoms with van der Waals surface area (Å²) in [5.41, 5.74) is 1.10. The molecule has 2 rings (SSSR count). The summed E-state index contributed by atoms with van der Waals surface area (Å²) in [6.45, 7) is 4.96. The second kappa shape index (κ2) is 6.40. The van der Waals surface area contributed by atoms with Gasteiger partial charge in [-0.1, -0.05) is 12.1 Å². The second-order valence-corrected chi connectivity index (χ2v) is 4.48. The van der Waals surface area contributed by atoms with Crippen LogP contribution < -0.4 is 15.4 Å². The van der Waals surface area contributed by atoms with Crippen molar-refractivity contribution in [2.24, 2.45) is 5.92 Å². The van der Waals surface area contributed by atoms with Crippen molar-refractivity contribution in [3.05, 3.63) is 29.8 Å². The number of ether oxygens (including phenoxy) is 1. The first-order chi connectivity index (χ1) is 8.79. The molecule has 1 saturated heterocycles. The summed E-state index contributed by atoms with van der Waals surface area (Å²) in [5.74, 6) is 1.15. The summed E-state index contributed by atoms with van der Waals surface area (Å²) in [7, 11) is 0. The molecule has 98 valence electrons. The van der Waals surface area contributed by atoms with E-state index < -0.39 is 0 Å². The van der Waals surface area contributed by atoms with Crippen molar-refractivity contribution in [1.82, 2.24) is 10.6 Å². The minimum Gasteiger partial charge on any atom is -0.494 e. The Balaban J connectivity index is 1.80. The van der Waals surface area contributed by atoms with Gasteiger partial charge in [0.05, 0.1) is 12.5 Å². The highest BCUT2D eigenvalue weighted by molar-refractivity contribution is 5.79. The summed E-state index contributed by atoms with van der Waals surface area (Å²) >= 11 is 0. The summed E-state index contributed by atoms with van der Waals surface area (Å²) in [5, 5.41) is 6.17. The molecule has 1 heterocycles. The van der Waals surface area contributed by atoms with E-state index in [4.69, 9.17) is 4.74 Å². The van der Waals surface area contributed by atoms with Crippen LogP contribution in [0.15, 0.2) is 24.3 Å². The Morgan fingerprint density at radius 3 is 2.83 bits per heavy atom. The van der Waals surface area contributed by atoms with Crippen LogP contribution in [-0.2, 0) is 11.3 Å². The van der Waals surface area contributed by atoms with E-state index in [9.17, 15) is 4.79 Å². The monoisotopic (exact) mass is 248 g/mol. The van der Waals surface area contributed by atoms with Crippen LogP contribution in [0.4, 0.5) is 0 Å². The first-order valence-electron chi connectivity index (χ1n) is 6.49. The van der Waals surface area contributed by atoms with E-state index >= 15 is 0 Å². The fourth-order valence-corrected chi connectivity index (χ4v) is 2.08. The molecule has 1 amide bonds. The minimum absolute atomic E-state index is 0.132. The molecule has 1 aromatic carbocycles. The van der Waals surface area contributed by atoms with Gasteiger partial charge in [0.2, 0.25) is 5.91 Å². The summed E-state index contributed by atoms with van der Waals surface area (Å²) in [4.78, 5) is 11.8. The molecule has 0 bridgehead atoms. The molecule has 1 atom stereocenters. The predicted molar refractivity (Wildman–Crippen MR) is 70.4 cm³/mol. The van der Waals surface area contributed by atoms with Gasteiger partial charge in [-0.15, -0.1) is 0 Å². The fraction of sp³-hybridized carbons (Fsp3) is 0.500. The van der Waals surface area contributed by atoms with Crippen LogP contribution in [0, 0.1) is 5.92 Å². The predicted octanol–water partition coefficient (Wildman–Crippen LogP) is 1.31. The maximum Gasteiger partial charge on any atom is 0.224 e. The zero-order valence-corrected chi connectivity index (χ0v) is 10.7. The Labute approximate surface area is 108 Å². The zero-order valence-electron chi connectivity index (χ0n) is 10.7. The molecule has 0 saturated carbocycles. The van der Waals surface area contributed by atoms with Gasteiger partial charge in [-0.25, -0.2) is 0 Å². The summed E-state index contributed by atoms with van der Waals surface area (Å²) in [6, 6.07) is 7.83. The number of carbonyl (C=O) groups excluding carboxylic acids is 1. The molecule has 0 radical (unpaired) electrons. The highest BCUT2D eigenvalue weighted by Gasteiger charge is 2.21. The van der Waals surface area contributed by atoms with Crippen molar-refractivity contribution < 1.29 is 9.53 Å². The van der Waals surface area contributed by atoms with Crippen LogP contribution in [0.5, 0.6) is 5.75 Å². The van der Waals surface area contributed by atoms with Crippen molar-refractivity contribution in [2.75, 3.05) is 19.7 Å². The van der Waals surface area contributed by atoms with Gasteiger partial charge in [-0.05, 0) is 37.6 Å². The van der Waals surface area contributed by atoms with E-state index in [2.05, 4.69) is 10.6 Å². The maximum absolute atomic E-state index is 11.8. The molecule has 0 aromatic heterocycles.